The van der Waals surface area contributed by atoms with E-state index in [1.807, 2.05) is 13.8 Å². The van der Waals surface area contributed by atoms with Crippen LogP contribution in [0.25, 0.3) is 0 Å². The lowest BCUT2D eigenvalue weighted by atomic mass is 9.83. The molecular weight excluding hydrogens is 244 g/mol. The number of thiocarbonyl (C=S) groups is 1. The summed E-state index contributed by atoms with van der Waals surface area (Å²) in [5.41, 5.74) is 5.49. The van der Waals surface area contributed by atoms with Crippen LogP contribution in [-0.4, -0.2) is 16.4 Å². The van der Waals surface area contributed by atoms with Crippen LogP contribution < -0.4 is 11.1 Å². The summed E-state index contributed by atoms with van der Waals surface area (Å²) in [7, 11) is 0. The van der Waals surface area contributed by atoms with Gasteiger partial charge in [0.05, 0.1) is 10.5 Å². The topological polar surface area (TPSA) is 55.1 Å². The Morgan fingerprint density at radius 3 is 2.17 bits per heavy atom. The molecule has 0 radical (unpaired) electrons. The van der Waals surface area contributed by atoms with Crippen molar-refractivity contribution in [3.63, 3.8) is 0 Å². The molecular formula is C14H26N2OS. The number of rotatable bonds is 4. The molecule has 0 atom stereocenters. The van der Waals surface area contributed by atoms with Gasteiger partial charge in [0.1, 0.15) is 0 Å². The summed E-state index contributed by atoms with van der Waals surface area (Å²) in [5.74, 6) is 0.445. The van der Waals surface area contributed by atoms with Gasteiger partial charge in [0.2, 0.25) is 5.91 Å². The van der Waals surface area contributed by atoms with Gasteiger partial charge < -0.3 is 11.1 Å². The predicted molar refractivity (Wildman–Crippen MR) is 79.4 cm³/mol. The zero-order valence-electron chi connectivity index (χ0n) is 11.6. The Labute approximate surface area is 116 Å². The molecule has 0 aromatic rings. The third-order valence-corrected chi connectivity index (χ3v) is 4.04. The lowest BCUT2D eigenvalue weighted by Gasteiger charge is -2.35. The SMILES string of the molecule is CC(C)CC(=O)NC1(C(N)=S)CCCCCCC1. The Kier molecular flexibility index (Phi) is 6.06. The molecule has 1 rings (SSSR count). The molecule has 0 aromatic heterocycles. The third-order valence-electron chi connectivity index (χ3n) is 3.65. The average Bonchev–Trinajstić information content (AvgIpc) is 2.20. The van der Waals surface area contributed by atoms with Gasteiger partial charge in [-0.2, -0.15) is 0 Å². The second-order valence-electron chi connectivity index (χ2n) is 5.86. The van der Waals surface area contributed by atoms with Gasteiger partial charge in [-0.15, -0.1) is 0 Å². The van der Waals surface area contributed by atoms with Crippen LogP contribution in [0.1, 0.15) is 65.2 Å². The van der Waals surface area contributed by atoms with Crippen LogP contribution >= 0.6 is 12.2 Å². The number of hydrogen-bond donors (Lipinski definition) is 2. The average molecular weight is 270 g/mol. The molecule has 0 aromatic carbocycles. The summed E-state index contributed by atoms with van der Waals surface area (Å²) >= 11 is 5.23. The normalized spacial score (nSPS) is 19.9. The first-order valence-corrected chi connectivity index (χ1v) is 7.48. The van der Waals surface area contributed by atoms with E-state index in [-0.39, 0.29) is 5.91 Å². The smallest absolute Gasteiger partial charge is 0.221 e. The fraction of sp³-hybridized carbons (Fsp3) is 0.857. The van der Waals surface area contributed by atoms with Crippen LogP contribution in [0.3, 0.4) is 0 Å². The van der Waals surface area contributed by atoms with Gasteiger partial charge in [-0.1, -0.05) is 58.2 Å². The first kappa shape index (κ1) is 15.4. The van der Waals surface area contributed by atoms with Crippen molar-refractivity contribution in [3.05, 3.63) is 0 Å². The molecule has 1 aliphatic rings. The Morgan fingerprint density at radius 2 is 1.72 bits per heavy atom. The highest BCUT2D eigenvalue weighted by atomic mass is 32.1. The van der Waals surface area contributed by atoms with Crippen LogP contribution in [-0.2, 0) is 4.79 Å². The molecule has 4 heteroatoms. The van der Waals surface area contributed by atoms with Crippen molar-refractivity contribution in [2.24, 2.45) is 11.7 Å². The number of hydrogen-bond acceptors (Lipinski definition) is 2. The number of amides is 1. The molecule has 1 fully saturated rings. The molecule has 3 nitrogen and oxygen atoms in total. The highest BCUT2D eigenvalue weighted by Gasteiger charge is 2.34. The maximum Gasteiger partial charge on any atom is 0.221 e. The fourth-order valence-electron chi connectivity index (χ4n) is 2.63. The first-order chi connectivity index (χ1) is 8.46. The Morgan fingerprint density at radius 1 is 1.22 bits per heavy atom. The van der Waals surface area contributed by atoms with Crippen LogP contribution in [0.15, 0.2) is 0 Å². The highest BCUT2D eigenvalue weighted by molar-refractivity contribution is 7.80. The zero-order chi connectivity index (χ0) is 13.6. The summed E-state index contributed by atoms with van der Waals surface area (Å²) in [5, 5.41) is 3.13. The highest BCUT2D eigenvalue weighted by Crippen LogP contribution is 2.27. The molecule has 3 N–H and O–H groups in total. The van der Waals surface area contributed by atoms with E-state index >= 15 is 0 Å². The molecule has 0 aliphatic heterocycles. The third kappa shape index (κ3) is 4.56. The molecule has 1 aliphatic carbocycles. The summed E-state index contributed by atoms with van der Waals surface area (Å²) in [6.07, 6.45) is 8.24. The molecule has 1 saturated carbocycles. The lowest BCUT2D eigenvalue weighted by Crippen LogP contribution is -2.57. The molecule has 0 spiro atoms. The Hall–Kier alpha value is -0.640. The van der Waals surface area contributed by atoms with Gasteiger partial charge >= 0.3 is 0 Å². The van der Waals surface area contributed by atoms with Gasteiger partial charge in [0.25, 0.3) is 0 Å². The molecule has 1 amide bonds. The van der Waals surface area contributed by atoms with E-state index in [2.05, 4.69) is 5.32 Å². The van der Waals surface area contributed by atoms with Crippen molar-refractivity contribution >= 4 is 23.1 Å². The minimum absolute atomic E-state index is 0.0818. The fourth-order valence-corrected chi connectivity index (χ4v) is 2.89. The Balaban J connectivity index is 2.71. The van der Waals surface area contributed by atoms with Gasteiger partial charge in [-0.05, 0) is 18.8 Å². The Bertz CT molecular complexity index is 294. The summed E-state index contributed by atoms with van der Waals surface area (Å²) in [4.78, 5) is 12.5. The second kappa shape index (κ2) is 7.07. The van der Waals surface area contributed by atoms with Gasteiger partial charge in [-0.25, -0.2) is 0 Å². The standard InChI is InChI=1S/C14H26N2OS/c1-11(2)10-12(17)16-14(13(15)18)8-6-4-3-5-7-9-14/h11H,3-10H2,1-2H3,(H2,15,18)(H,16,17). The van der Waals surface area contributed by atoms with Gasteiger partial charge in [-0.3, -0.25) is 4.79 Å². The van der Waals surface area contributed by atoms with Crippen LogP contribution in [0, 0.1) is 5.92 Å². The van der Waals surface area contributed by atoms with E-state index in [0.29, 0.717) is 17.3 Å². The predicted octanol–water partition coefficient (Wildman–Crippen LogP) is 2.92. The van der Waals surface area contributed by atoms with E-state index in [1.165, 1.54) is 19.3 Å². The van der Waals surface area contributed by atoms with Crippen LogP contribution in [0.4, 0.5) is 0 Å². The molecule has 0 unspecified atom stereocenters. The van der Waals surface area contributed by atoms with Crippen LogP contribution in [0.2, 0.25) is 0 Å². The number of nitrogens with two attached hydrogens (primary N) is 1. The largest absolute Gasteiger partial charge is 0.391 e. The minimum Gasteiger partial charge on any atom is -0.391 e. The first-order valence-electron chi connectivity index (χ1n) is 7.07. The summed E-state index contributed by atoms with van der Waals surface area (Å²) in [6, 6.07) is 0. The van der Waals surface area contributed by atoms with Crippen molar-refractivity contribution < 1.29 is 4.79 Å². The van der Waals surface area contributed by atoms with Crippen molar-refractivity contribution in [2.75, 3.05) is 0 Å². The minimum atomic E-state index is -0.429. The van der Waals surface area contributed by atoms with Crippen molar-refractivity contribution in [3.8, 4) is 0 Å². The maximum absolute atomic E-state index is 12.0. The molecule has 0 saturated heterocycles. The number of nitrogens with one attached hydrogen (secondary N) is 1. The van der Waals surface area contributed by atoms with Gasteiger partial charge in [0, 0.05) is 6.42 Å². The summed E-state index contributed by atoms with van der Waals surface area (Å²) < 4.78 is 0. The van der Waals surface area contributed by atoms with E-state index < -0.39 is 5.54 Å². The maximum atomic E-state index is 12.0. The monoisotopic (exact) mass is 270 g/mol. The second-order valence-corrected chi connectivity index (χ2v) is 6.30. The molecule has 104 valence electrons. The molecule has 0 bridgehead atoms. The zero-order valence-corrected chi connectivity index (χ0v) is 12.4. The van der Waals surface area contributed by atoms with E-state index in [9.17, 15) is 4.79 Å². The lowest BCUT2D eigenvalue weighted by molar-refractivity contribution is -0.123. The quantitative estimate of drug-likeness (QED) is 0.772. The van der Waals surface area contributed by atoms with Crippen molar-refractivity contribution in [2.45, 2.75) is 70.8 Å². The van der Waals surface area contributed by atoms with E-state index in [0.717, 1.165) is 25.7 Å². The summed E-state index contributed by atoms with van der Waals surface area (Å²) in [6.45, 7) is 4.09. The van der Waals surface area contributed by atoms with Gasteiger partial charge in [0.15, 0.2) is 0 Å². The van der Waals surface area contributed by atoms with E-state index in [1.54, 1.807) is 0 Å². The van der Waals surface area contributed by atoms with Crippen molar-refractivity contribution in [1.82, 2.24) is 5.32 Å². The van der Waals surface area contributed by atoms with Crippen molar-refractivity contribution in [1.29, 1.82) is 0 Å². The molecule has 0 heterocycles. The number of carbonyl (C=O) groups is 1. The van der Waals surface area contributed by atoms with E-state index in [4.69, 9.17) is 18.0 Å². The van der Waals surface area contributed by atoms with Crippen LogP contribution in [0.5, 0.6) is 0 Å². The molecule has 18 heavy (non-hydrogen) atoms. The number of carbonyl (C=O) groups excluding carboxylic acids is 1.